The quantitative estimate of drug-likeness (QED) is 0.606. The van der Waals surface area contributed by atoms with E-state index in [2.05, 4.69) is 15.5 Å². The zero-order chi connectivity index (χ0) is 12.9. The van der Waals surface area contributed by atoms with E-state index < -0.39 is 0 Å². The Labute approximate surface area is 101 Å². The van der Waals surface area contributed by atoms with Gasteiger partial charge in [0.05, 0.1) is 12.1 Å². The molecule has 0 radical (unpaired) electrons. The Morgan fingerprint density at radius 2 is 2.29 bits per heavy atom. The summed E-state index contributed by atoms with van der Waals surface area (Å²) in [6.07, 6.45) is 0. The maximum absolute atomic E-state index is 5.57. The van der Waals surface area contributed by atoms with Gasteiger partial charge in [0.15, 0.2) is 11.7 Å². The van der Waals surface area contributed by atoms with Crippen molar-refractivity contribution in [2.45, 2.75) is 39.5 Å². The fourth-order valence-corrected chi connectivity index (χ4v) is 1.05. The molecular weight excluding hydrogens is 220 g/mol. The maximum atomic E-state index is 5.57. The van der Waals surface area contributed by atoms with Gasteiger partial charge in [-0.15, -0.1) is 0 Å². The summed E-state index contributed by atoms with van der Waals surface area (Å²) in [6, 6.07) is 1.84. The van der Waals surface area contributed by atoms with Crippen LogP contribution in [0.2, 0.25) is 0 Å². The summed E-state index contributed by atoms with van der Waals surface area (Å²) >= 11 is 0. The van der Waals surface area contributed by atoms with Crippen molar-refractivity contribution in [3.8, 4) is 0 Å². The van der Waals surface area contributed by atoms with Gasteiger partial charge >= 0.3 is 0 Å². The minimum Gasteiger partial charge on any atom is -0.370 e. The molecule has 0 saturated heterocycles. The molecule has 1 aromatic rings. The van der Waals surface area contributed by atoms with Crippen LogP contribution in [0.4, 0.5) is 0 Å². The van der Waals surface area contributed by atoms with E-state index in [9.17, 15) is 0 Å². The molecule has 0 aliphatic rings. The van der Waals surface area contributed by atoms with Gasteiger partial charge in [-0.3, -0.25) is 4.99 Å². The van der Waals surface area contributed by atoms with E-state index in [1.54, 1.807) is 7.05 Å². The summed E-state index contributed by atoms with van der Waals surface area (Å²) in [4.78, 5) is 3.78. The topological polar surface area (TPSA) is 85.7 Å². The summed E-state index contributed by atoms with van der Waals surface area (Å²) in [5.74, 6) is 1.07. The Hall–Kier alpha value is -1.56. The molecule has 0 amide bonds. The van der Waals surface area contributed by atoms with Gasteiger partial charge in [-0.2, -0.15) is 0 Å². The van der Waals surface area contributed by atoms with E-state index in [1.165, 1.54) is 0 Å². The van der Waals surface area contributed by atoms with Gasteiger partial charge in [-0.1, -0.05) is 5.16 Å². The van der Waals surface area contributed by atoms with E-state index in [0.717, 1.165) is 5.69 Å². The predicted molar refractivity (Wildman–Crippen MR) is 65.4 cm³/mol. The maximum Gasteiger partial charge on any atom is 0.188 e. The molecule has 6 heteroatoms. The highest BCUT2D eigenvalue weighted by molar-refractivity contribution is 5.77. The fraction of sp³-hybridized carbons (Fsp3) is 0.636. The normalized spacial score (nSPS) is 12.8. The van der Waals surface area contributed by atoms with Crippen LogP contribution < -0.4 is 11.1 Å². The summed E-state index contributed by atoms with van der Waals surface area (Å²) in [5.41, 5.74) is 6.08. The Kier molecular flexibility index (Phi) is 4.51. The van der Waals surface area contributed by atoms with Crippen LogP contribution >= 0.6 is 0 Å². The summed E-state index contributed by atoms with van der Waals surface area (Å²) < 4.78 is 10.7. The lowest BCUT2D eigenvalue weighted by atomic mass is 10.2. The van der Waals surface area contributed by atoms with Crippen molar-refractivity contribution in [2.24, 2.45) is 10.7 Å². The molecule has 1 aromatic heterocycles. The number of hydrogen-bond acceptors (Lipinski definition) is 4. The smallest absolute Gasteiger partial charge is 0.188 e. The van der Waals surface area contributed by atoms with Crippen molar-refractivity contribution in [1.82, 2.24) is 10.5 Å². The van der Waals surface area contributed by atoms with E-state index in [1.807, 2.05) is 26.8 Å². The van der Waals surface area contributed by atoms with Crippen LogP contribution in [0.25, 0.3) is 0 Å². The van der Waals surface area contributed by atoms with Gasteiger partial charge in [0.25, 0.3) is 0 Å². The van der Waals surface area contributed by atoms with Gasteiger partial charge in [0, 0.05) is 13.1 Å². The highest BCUT2D eigenvalue weighted by Gasteiger charge is 2.12. The molecule has 0 atom stereocenters. The Balaban J connectivity index is 2.43. The number of nitrogens with one attached hydrogen (secondary N) is 1. The fourth-order valence-electron chi connectivity index (χ4n) is 1.05. The van der Waals surface area contributed by atoms with Gasteiger partial charge in [-0.05, 0) is 20.8 Å². The van der Waals surface area contributed by atoms with Crippen molar-refractivity contribution in [3.05, 3.63) is 17.5 Å². The second-order valence-corrected chi connectivity index (χ2v) is 4.65. The summed E-state index contributed by atoms with van der Waals surface area (Å²) in [5, 5.41) is 6.79. The number of guanidine groups is 1. The molecule has 6 nitrogen and oxygen atoms in total. The van der Waals surface area contributed by atoms with E-state index in [0.29, 0.717) is 24.9 Å². The largest absolute Gasteiger partial charge is 0.370 e. The molecule has 0 aliphatic carbocycles. The van der Waals surface area contributed by atoms with Crippen molar-refractivity contribution in [2.75, 3.05) is 7.05 Å². The first-order valence-corrected chi connectivity index (χ1v) is 5.45. The summed E-state index contributed by atoms with van der Waals surface area (Å²) in [6.45, 7) is 6.87. The van der Waals surface area contributed by atoms with Crippen molar-refractivity contribution in [3.63, 3.8) is 0 Å². The molecule has 3 N–H and O–H groups in total. The van der Waals surface area contributed by atoms with E-state index in [-0.39, 0.29) is 5.60 Å². The highest BCUT2D eigenvalue weighted by atomic mass is 16.5. The Morgan fingerprint density at radius 3 is 2.88 bits per heavy atom. The third-order valence-electron chi connectivity index (χ3n) is 1.95. The molecule has 0 aromatic carbocycles. The third-order valence-corrected chi connectivity index (χ3v) is 1.95. The molecule has 1 rings (SSSR count). The van der Waals surface area contributed by atoms with Gasteiger partial charge < -0.3 is 20.3 Å². The zero-order valence-corrected chi connectivity index (χ0v) is 10.8. The van der Waals surface area contributed by atoms with Crippen LogP contribution in [0, 0.1) is 0 Å². The number of nitrogens with two attached hydrogens (primary N) is 1. The number of hydrogen-bond donors (Lipinski definition) is 2. The van der Waals surface area contributed by atoms with Crippen LogP contribution in [0.3, 0.4) is 0 Å². The van der Waals surface area contributed by atoms with Gasteiger partial charge in [-0.25, -0.2) is 0 Å². The van der Waals surface area contributed by atoms with Gasteiger partial charge in [0.1, 0.15) is 12.3 Å². The first-order valence-electron chi connectivity index (χ1n) is 5.45. The molecule has 0 bridgehead atoms. The standard InChI is InChI=1S/C11H20N4O2/c1-11(2,3)16-7-9-5-8(15-17-9)6-14-10(12)13-4/h5H,6-7H2,1-4H3,(H3,12,13,14). The second kappa shape index (κ2) is 5.67. The Morgan fingerprint density at radius 1 is 1.59 bits per heavy atom. The van der Waals surface area contributed by atoms with Crippen LogP contribution in [-0.2, 0) is 17.9 Å². The first kappa shape index (κ1) is 13.5. The van der Waals surface area contributed by atoms with Gasteiger partial charge in [0.2, 0.25) is 0 Å². The monoisotopic (exact) mass is 240 g/mol. The van der Waals surface area contributed by atoms with Crippen molar-refractivity contribution in [1.29, 1.82) is 0 Å². The first-order chi connectivity index (χ1) is 7.90. The molecule has 96 valence electrons. The average Bonchev–Trinajstić information content (AvgIpc) is 2.70. The lowest BCUT2D eigenvalue weighted by molar-refractivity contribution is -0.0241. The minimum absolute atomic E-state index is 0.190. The molecule has 0 unspecified atom stereocenters. The molecule has 0 saturated carbocycles. The lowest BCUT2D eigenvalue weighted by Gasteiger charge is -2.17. The van der Waals surface area contributed by atoms with Crippen LogP contribution in [0.5, 0.6) is 0 Å². The second-order valence-electron chi connectivity index (χ2n) is 4.65. The summed E-state index contributed by atoms with van der Waals surface area (Å²) in [7, 11) is 1.62. The minimum atomic E-state index is -0.190. The third kappa shape index (κ3) is 5.35. The highest BCUT2D eigenvalue weighted by Crippen LogP contribution is 2.12. The van der Waals surface area contributed by atoms with E-state index in [4.69, 9.17) is 15.0 Å². The van der Waals surface area contributed by atoms with Crippen molar-refractivity contribution < 1.29 is 9.26 Å². The van der Waals surface area contributed by atoms with E-state index >= 15 is 0 Å². The van der Waals surface area contributed by atoms with Crippen molar-refractivity contribution >= 4 is 5.96 Å². The average molecular weight is 240 g/mol. The SMILES string of the molecule is CN=C(N)NCc1cc(COC(C)(C)C)on1. The number of rotatable bonds is 4. The number of nitrogens with zero attached hydrogens (tertiary/aromatic N) is 2. The van der Waals surface area contributed by atoms with Crippen LogP contribution in [0.15, 0.2) is 15.6 Å². The molecule has 0 spiro atoms. The number of aromatic nitrogens is 1. The predicted octanol–water partition coefficient (Wildman–Crippen LogP) is 1.02. The molecule has 0 aliphatic heterocycles. The van der Waals surface area contributed by atoms with Crippen LogP contribution in [0.1, 0.15) is 32.2 Å². The number of aliphatic imine (C=N–C) groups is 1. The Bertz CT molecular complexity index is 379. The molecule has 17 heavy (non-hydrogen) atoms. The zero-order valence-electron chi connectivity index (χ0n) is 10.8. The molecule has 0 fully saturated rings. The lowest BCUT2D eigenvalue weighted by Crippen LogP contribution is -2.30. The molecule has 1 heterocycles. The number of ether oxygens (including phenoxy) is 1. The van der Waals surface area contributed by atoms with Crippen LogP contribution in [-0.4, -0.2) is 23.8 Å². The molecular formula is C11H20N4O2.